The van der Waals surface area contributed by atoms with Crippen LogP contribution >= 0.6 is 11.6 Å². The van der Waals surface area contributed by atoms with Gasteiger partial charge in [0.15, 0.2) is 0 Å². The number of nitriles is 1. The Labute approximate surface area is 80.4 Å². The molecular weight excluding hydrogens is 190 g/mol. The number of aromatic nitrogens is 2. The first-order valence-electron chi connectivity index (χ1n) is 3.64. The normalized spacial score (nSPS) is 10.9. The first-order valence-corrected chi connectivity index (χ1v) is 4.02. The number of halogens is 1. The van der Waals surface area contributed by atoms with Gasteiger partial charge in [0.25, 0.3) is 5.56 Å². The summed E-state index contributed by atoms with van der Waals surface area (Å²) in [6.07, 6.45) is 1.34. The summed E-state index contributed by atoms with van der Waals surface area (Å²) in [6, 6.07) is 3.21. The quantitative estimate of drug-likeness (QED) is 0.679. The topological polar surface area (TPSA) is 58.7 Å². The Hall–Kier alpha value is -1.34. The van der Waals surface area contributed by atoms with E-state index in [1.807, 2.05) is 6.07 Å². The third kappa shape index (κ3) is 1.87. The van der Waals surface area contributed by atoms with E-state index in [9.17, 15) is 4.79 Å². The SMILES string of the molecule is CC(C)(C#N)n1ncc(Cl)cc1=O. The molecule has 13 heavy (non-hydrogen) atoms. The van der Waals surface area contributed by atoms with Gasteiger partial charge in [-0.15, -0.1) is 0 Å². The predicted octanol–water partition coefficient (Wildman–Crippen LogP) is 1.16. The van der Waals surface area contributed by atoms with E-state index in [4.69, 9.17) is 16.9 Å². The molecule has 1 rings (SSSR count). The molecule has 4 nitrogen and oxygen atoms in total. The summed E-state index contributed by atoms with van der Waals surface area (Å²) in [5, 5.41) is 12.8. The second-order valence-corrected chi connectivity index (χ2v) is 3.53. The first kappa shape index (κ1) is 9.75. The fourth-order valence-electron chi connectivity index (χ4n) is 0.853. The standard InChI is InChI=1S/C8H8ClN3O/c1-8(2,5-10)12-7(13)3-6(9)4-11-12/h3-4H,1-2H3. The molecule has 1 heterocycles. The highest BCUT2D eigenvalue weighted by atomic mass is 35.5. The molecule has 0 saturated carbocycles. The second kappa shape index (κ2) is 3.19. The van der Waals surface area contributed by atoms with Crippen molar-refractivity contribution in [3.63, 3.8) is 0 Å². The van der Waals surface area contributed by atoms with Crippen LogP contribution in [0.15, 0.2) is 17.1 Å². The molecule has 0 aliphatic heterocycles. The average molecular weight is 198 g/mol. The fraction of sp³-hybridized carbons (Fsp3) is 0.375. The molecular formula is C8H8ClN3O. The van der Waals surface area contributed by atoms with Gasteiger partial charge < -0.3 is 0 Å². The highest BCUT2D eigenvalue weighted by molar-refractivity contribution is 6.30. The van der Waals surface area contributed by atoms with Gasteiger partial charge in [0.05, 0.1) is 17.3 Å². The van der Waals surface area contributed by atoms with Gasteiger partial charge in [-0.2, -0.15) is 10.4 Å². The van der Waals surface area contributed by atoms with Crippen molar-refractivity contribution in [3.8, 4) is 6.07 Å². The largest absolute Gasteiger partial charge is 0.269 e. The average Bonchev–Trinajstić information content (AvgIpc) is 2.03. The lowest BCUT2D eigenvalue weighted by Crippen LogP contribution is -2.36. The maximum Gasteiger partial charge on any atom is 0.269 e. The Morgan fingerprint density at radius 1 is 1.69 bits per heavy atom. The van der Waals surface area contributed by atoms with E-state index in [-0.39, 0.29) is 10.6 Å². The summed E-state index contributed by atoms with van der Waals surface area (Å²) in [7, 11) is 0. The minimum absolute atomic E-state index is 0.273. The molecule has 0 unspecified atom stereocenters. The lowest BCUT2D eigenvalue weighted by atomic mass is 10.1. The highest BCUT2D eigenvalue weighted by Crippen LogP contribution is 2.09. The zero-order valence-corrected chi connectivity index (χ0v) is 8.04. The highest BCUT2D eigenvalue weighted by Gasteiger charge is 2.21. The molecule has 0 N–H and O–H groups in total. The summed E-state index contributed by atoms with van der Waals surface area (Å²) in [6.45, 7) is 3.21. The van der Waals surface area contributed by atoms with E-state index >= 15 is 0 Å². The minimum atomic E-state index is -0.943. The molecule has 5 heteroatoms. The summed E-state index contributed by atoms with van der Waals surface area (Å²) in [4.78, 5) is 11.3. The second-order valence-electron chi connectivity index (χ2n) is 3.09. The first-order chi connectivity index (χ1) is 5.97. The van der Waals surface area contributed by atoms with Crippen LogP contribution in [0.1, 0.15) is 13.8 Å². The third-order valence-electron chi connectivity index (χ3n) is 1.57. The van der Waals surface area contributed by atoms with Crippen LogP contribution in [-0.4, -0.2) is 9.78 Å². The lowest BCUT2D eigenvalue weighted by Gasteiger charge is -2.16. The van der Waals surface area contributed by atoms with Crippen LogP contribution in [0, 0.1) is 11.3 Å². The molecule has 0 spiro atoms. The molecule has 0 radical (unpaired) electrons. The molecule has 0 aliphatic carbocycles. The molecule has 68 valence electrons. The third-order valence-corrected chi connectivity index (χ3v) is 1.78. The van der Waals surface area contributed by atoms with Gasteiger partial charge in [-0.25, -0.2) is 4.68 Å². The monoisotopic (exact) mass is 197 g/mol. The molecule has 0 amide bonds. The van der Waals surface area contributed by atoms with E-state index in [1.165, 1.54) is 12.3 Å². The number of nitrogens with zero attached hydrogens (tertiary/aromatic N) is 3. The van der Waals surface area contributed by atoms with E-state index < -0.39 is 5.54 Å². The van der Waals surface area contributed by atoms with Crippen LogP contribution in [-0.2, 0) is 5.54 Å². The van der Waals surface area contributed by atoms with Crippen molar-refractivity contribution < 1.29 is 0 Å². The molecule has 0 fully saturated rings. The molecule has 0 atom stereocenters. The smallest absolute Gasteiger partial charge is 0.268 e. The Morgan fingerprint density at radius 3 is 2.77 bits per heavy atom. The predicted molar refractivity (Wildman–Crippen MR) is 48.4 cm³/mol. The van der Waals surface area contributed by atoms with E-state index in [0.29, 0.717) is 0 Å². The Kier molecular flexibility index (Phi) is 2.39. The van der Waals surface area contributed by atoms with Crippen LogP contribution in [0.25, 0.3) is 0 Å². The zero-order chi connectivity index (χ0) is 10.1. The van der Waals surface area contributed by atoms with Gasteiger partial charge in [-0.05, 0) is 13.8 Å². The van der Waals surface area contributed by atoms with Gasteiger partial charge >= 0.3 is 0 Å². The van der Waals surface area contributed by atoms with Gasteiger partial charge in [-0.1, -0.05) is 11.6 Å². The van der Waals surface area contributed by atoms with E-state index in [0.717, 1.165) is 4.68 Å². The van der Waals surface area contributed by atoms with Crippen LogP contribution in [0.2, 0.25) is 5.02 Å². The summed E-state index contributed by atoms with van der Waals surface area (Å²) in [5.74, 6) is 0. The maximum atomic E-state index is 11.3. The van der Waals surface area contributed by atoms with Crippen molar-refractivity contribution in [2.24, 2.45) is 0 Å². The van der Waals surface area contributed by atoms with Gasteiger partial charge in [0, 0.05) is 6.07 Å². The van der Waals surface area contributed by atoms with E-state index in [2.05, 4.69) is 5.10 Å². The van der Waals surface area contributed by atoms with Crippen molar-refractivity contribution in [2.45, 2.75) is 19.4 Å². The Morgan fingerprint density at radius 2 is 2.31 bits per heavy atom. The van der Waals surface area contributed by atoms with Crippen LogP contribution < -0.4 is 5.56 Å². The molecule has 1 aromatic rings. The summed E-state index contributed by atoms with van der Waals surface area (Å²) < 4.78 is 1.10. The number of rotatable bonds is 1. The molecule has 0 aliphatic rings. The minimum Gasteiger partial charge on any atom is -0.268 e. The van der Waals surface area contributed by atoms with Crippen LogP contribution in [0.3, 0.4) is 0 Å². The van der Waals surface area contributed by atoms with Gasteiger partial charge in [0.2, 0.25) is 0 Å². The molecule has 0 saturated heterocycles. The maximum absolute atomic E-state index is 11.3. The van der Waals surface area contributed by atoms with Crippen molar-refractivity contribution in [2.75, 3.05) is 0 Å². The van der Waals surface area contributed by atoms with Gasteiger partial charge in [0.1, 0.15) is 5.54 Å². The van der Waals surface area contributed by atoms with Crippen molar-refractivity contribution in [1.29, 1.82) is 5.26 Å². The van der Waals surface area contributed by atoms with Gasteiger partial charge in [-0.3, -0.25) is 4.79 Å². The van der Waals surface area contributed by atoms with Crippen molar-refractivity contribution >= 4 is 11.6 Å². The molecule has 1 aromatic heterocycles. The Bertz CT molecular complexity index is 416. The van der Waals surface area contributed by atoms with Crippen molar-refractivity contribution in [1.82, 2.24) is 9.78 Å². The number of hydrogen-bond donors (Lipinski definition) is 0. The van der Waals surface area contributed by atoms with Crippen LogP contribution in [0.4, 0.5) is 0 Å². The molecule has 0 aromatic carbocycles. The zero-order valence-electron chi connectivity index (χ0n) is 7.28. The summed E-state index contributed by atoms with van der Waals surface area (Å²) in [5.41, 5.74) is -1.32. The Balaban J connectivity index is 3.35. The fourth-order valence-corrected chi connectivity index (χ4v) is 0.990. The van der Waals surface area contributed by atoms with Crippen LogP contribution in [0.5, 0.6) is 0 Å². The lowest BCUT2D eigenvalue weighted by molar-refractivity contribution is 0.397. The van der Waals surface area contributed by atoms with Crippen molar-refractivity contribution in [3.05, 3.63) is 27.6 Å². The van der Waals surface area contributed by atoms with E-state index in [1.54, 1.807) is 13.8 Å². The summed E-state index contributed by atoms with van der Waals surface area (Å²) >= 11 is 5.55. The number of hydrogen-bond acceptors (Lipinski definition) is 3. The molecule has 0 bridgehead atoms.